The minimum atomic E-state index is 0.129. The molecule has 1 aliphatic rings. The number of benzene rings is 2. The fourth-order valence-electron chi connectivity index (χ4n) is 3.59. The number of amides is 1. The zero-order valence-electron chi connectivity index (χ0n) is 15.0. The molecule has 1 aliphatic heterocycles. The maximum absolute atomic E-state index is 12.2. The highest BCUT2D eigenvalue weighted by Gasteiger charge is 2.15. The van der Waals surface area contributed by atoms with Crippen LogP contribution in [0.5, 0.6) is 0 Å². The largest absolute Gasteiger partial charge is 0.352 e. The first-order chi connectivity index (χ1) is 12.3. The first kappa shape index (κ1) is 17.7. The third-order valence-corrected chi connectivity index (χ3v) is 5.08. The summed E-state index contributed by atoms with van der Waals surface area (Å²) in [7, 11) is 0. The molecule has 25 heavy (non-hydrogen) atoms. The summed E-state index contributed by atoms with van der Waals surface area (Å²) in [5, 5.41) is 3.10. The van der Waals surface area contributed by atoms with Gasteiger partial charge in [0.2, 0.25) is 5.91 Å². The van der Waals surface area contributed by atoms with Crippen molar-refractivity contribution in [1.82, 2.24) is 5.32 Å². The number of nitrogens with one attached hydrogen (secondary N) is 2. The van der Waals surface area contributed by atoms with E-state index in [1.165, 1.54) is 49.0 Å². The molecule has 0 radical (unpaired) electrons. The number of hydrogen-bond donors (Lipinski definition) is 2. The molecule has 2 aromatic carbocycles. The van der Waals surface area contributed by atoms with Crippen molar-refractivity contribution in [3.63, 3.8) is 0 Å². The Bertz CT molecular complexity index is 663. The summed E-state index contributed by atoms with van der Waals surface area (Å²) in [6.45, 7) is 4.27. The van der Waals surface area contributed by atoms with Crippen LogP contribution in [0, 0.1) is 0 Å². The molecular formula is C22H29N2O+. The zero-order valence-corrected chi connectivity index (χ0v) is 15.0. The zero-order chi connectivity index (χ0) is 17.3. The fourth-order valence-corrected chi connectivity index (χ4v) is 3.59. The first-order valence-corrected chi connectivity index (χ1v) is 9.52. The van der Waals surface area contributed by atoms with Crippen LogP contribution in [0.15, 0.2) is 54.6 Å². The maximum Gasteiger partial charge on any atom is 0.220 e. The number of carbonyl (C=O) groups is 1. The summed E-state index contributed by atoms with van der Waals surface area (Å²) in [4.78, 5) is 13.8. The van der Waals surface area contributed by atoms with Crippen LogP contribution in [-0.4, -0.2) is 19.0 Å². The number of piperidine rings is 1. The van der Waals surface area contributed by atoms with E-state index in [0.29, 0.717) is 13.0 Å². The van der Waals surface area contributed by atoms with Crippen LogP contribution in [0.1, 0.15) is 42.4 Å². The van der Waals surface area contributed by atoms with Gasteiger partial charge in [-0.1, -0.05) is 54.6 Å². The second-order valence-electron chi connectivity index (χ2n) is 7.02. The summed E-state index contributed by atoms with van der Waals surface area (Å²) in [6.07, 6.45) is 5.40. The maximum atomic E-state index is 12.2. The third-order valence-electron chi connectivity index (χ3n) is 5.08. The van der Waals surface area contributed by atoms with Gasteiger partial charge in [-0.15, -0.1) is 0 Å². The summed E-state index contributed by atoms with van der Waals surface area (Å²) in [5.74, 6) is 0.129. The lowest BCUT2D eigenvalue weighted by Crippen LogP contribution is -3.11. The predicted octanol–water partition coefficient (Wildman–Crippen LogP) is 2.50. The number of rotatable bonds is 7. The molecule has 0 spiro atoms. The standard InChI is InChI=1S/C22H28N2O/c25-22(14-13-19-9-3-1-4-10-19)23-17-20-11-5-6-12-21(20)18-24-15-7-2-8-16-24/h1,3-6,9-12H,2,7-8,13-18H2,(H,23,25)/p+1. The van der Waals surface area contributed by atoms with Gasteiger partial charge in [0.15, 0.2) is 0 Å². The van der Waals surface area contributed by atoms with Crippen molar-refractivity contribution in [1.29, 1.82) is 0 Å². The molecule has 1 heterocycles. The molecule has 1 fully saturated rings. The van der Waals surface area contributed by atoms with Crippen molar-refractivity contribution < 1.29 is 9.69 Å². The van der Waals surface area contributed by atoms with Crippen molar-refractivity contribution in [2.75, 3.05) is 13.1 Å². The van der Waals surface area contributed by atoms with Crippen molar-refractivity contribution in [2.24, 2.45) is 0 Å². The van der Waals surface area contributed by atoms with Gasteiger partial charge in [-0.2, -0.15) is 0 Å². The van der Waals surface area contributed by atoms with Crippen molar-refractivity contribution in [2.45, 2.75) is 45.2 Å². The number of carbonyl (C=O) groups excluding carboxylic acids is 1. The lowest BCUT2D eigenvalue weighted by Gasteiger charge is -2.24. The van der Waals surface area contributed by atoms with Crippen molar-refractivity contribution >= 4 is 5.91 Å². The lowest BCUT2D eigenvalue weighted by atomic mass is 10.0. The lowest BCUT2D eigenvalue weighted by molar-refractivity contribution is -0.918. The Morgan fingerprint density at radius 1 is 0.880 bits per heavy atom. The van der Waals surface area contributed by atoms with Crippen molar-refractivity contribution in [3.05, 3.63) is 71.3 Å². The molecule has 132 valence electrons. The highest BCUT2D eigenvalue weighted by molar-refractivity contribution is 5.76. The minimum Gasteiger partial charge on any atom is -0.352 e. The molecule has 0 saturated carbocycles. The van der Waals surface area contributed by atoms with E-state index in [4.69, 9.17) is 0 Å². The van der Waals surface area contributed by atoms with Crippen LogP contribution in [0.3, 0.4) is 0 Å². The second-order valence-corrected chi connectivity index (χ2v) is 7.02. The highest BCUT2D eigenvalue weighted by Crippen LogP contribution is 2.09. The average molecular weight is 337 g/mol. The van der Waals surface area contributed by atoms with E-state index in [1.54, 1.807) is 4.90 Å². The van der Waals surface area contributed by atoms with E-state index < -0.39 is 0 Å². The summed E-state index contributed by atoms with van der Waals surface area (Å²) in [6, 6.07) is 18.7. The summed E-state index contributed by atoms with van der Waals surface area (Å²) < 4.78 is 0. The van der Waals surface area contributed by atoms with Gasteiger partial charge < -0.3 is 10.2 Å². The Labute approximate surface area is 151 Å². The average Bonchev–Trinajstić information content (AvgIpc) is 2.67. The first-order valence-electron chi connectivity index (χ1n) is 9.52. The van der Waals surface area contributed by atoms with E-state index in [9.17, 15) is 4.79 Å². The van der Waals surface area contributed by atoms with Crippen LogP contribution >= 0.6 is 0 Å². The van der Waals surface area contributed by atoms with Gasteiger partial charge >= 0.3 is 0 Å². The number of aryl methyl sites for hydroxylation is 1. The molecule has 0 bridgehead atoms. The topological polar surface area (TPSA) is 33.5 Å². The second kappa shape index (κ2) is 9.38. The fraction of sp³-hybridized carbons (Fsp3) is 0.409. The smallest absolute Gasteiger partial charge is 0.220 e. The Morgan fingerprint density at radius 2 is 1.56 bits per heavy atom. The molecule has 0 unspecified atom stereocenters. The molecule has 3 heteroatoms. The molecule has 1 amide bonds. The molecule has 0 aromatic heterocycles. The number of hydrogen-bond acceptors (Lipinski definition) is 1. The molecule has 0 atom stereocenters. The third kappa shape index (κ3) is 5.71. The van der Waals surface area contributed by atoms with Gasteiger partial charge in [0.05, 0.1) is 13.1 Å². The number of quaternary nitrogens is 1. The van der Waals surface area contributed by atoms with Crippen molar-refractivity contribution in [3.8, 4) is 0 Å². The predicted molar refractivity (Wildman–Crippen MR) is 101 cm³/mol. The summed E-state index contributed by atoms with van der Waals surface area (Å²) in [5.41, 5.74) is 3.85. The molecule has 1 saturated heterocycles. The Hall–Kier alpha value is -2.13. The van der Waals surface area contributed by atoms with Gasteiger partial charge in [-0.25, -0.2) is 0 Å². The van der Waals surface area contributed by atoms with Gasteiger partial charge in [0, 0.05) is 18.5 Å². The highest BCUT2D eigenvalue weighted by atomic mass is 16.1. The van der Waals surface area contributed by atoms with E-state index in [2.05, 4.69) is 41.7 Å². The molecule has 2 N–H and O–H groups in total. The van der Waals surface area contributed by atoms with Crippen LogP contribution in [-0.2, 0) is 24.3 Å². The Balaban J connectivity index is 1.49. The van der Waals surface area contributed by atoms with E-state index >= 15 is 0 Å². The van der Waals surface area contributed by atoms with E-state index in [1.807, 2.05) is 18.2 Å². The number of likely N-dealkylation sites (tertiary alicyclic amines) is 1. The van der Waals surface area contributed by atoms with Crippen LogP contribution in [0.2, 0.25) is 0 Å². The van der Waals surface area contributed by atoms with Gasteiger partial charge in [0.25, 0.3) is 0 Å². The Kier molecular flexibility index (Phi) is 6.63. The van der Waals surface area contributed by atoms with Gasteiger partial charge in [-0.3, -0.25) is 4.79 Å². The van der Waals surface area contributed by atoms with Crippen LogP contribution in [0.4, 0.5) is 0 Å². The molecular weight excluding hydrogens is 308 g/mol. The molecule has 3 rings (SSSR count). The SMILES string of the molecule is O=C(CCc1ccccc1)NCc1ccccc1C[NH+]1CCCCC1. The van der Waals surface area contributed by atoms with E-state index in [-0.39, 0.29) is 5.91 Å². The normalized spacial score (nSPS) is 15.0. The summed E-state index contributed by atoms with van der Waals surface area (Å²) >= 11 is 0. The van der Waals surface area contributed by atoms with Crippen LogP contribution in [0.25, 0.3) is 0 Å². The molecule has 3 nitrogen and oxygen atoms in total. The monoisotopic (exact) mass is 337 g/mol. The molecule has 0 aliphatic carbocycles. The Morgan fingerprint density at radius 3 is 2.32 bits per heavy atom. The molecule has 2 aromatic rings. The quantitative estimate of drug-likeness (QED) is 0.800. The van der Waals surface area contributed by atoms with Crippen LogP contribution < -0.4 is 10.2 Å². The minimum absolute atomic E-state index is 0.129. The van der Waals surface area contributed by atoms with E-state index in [0.717, 1.165) is 13.0 Å². The van der Waals surface area contributed by atoms with Gasteiger partial charge in [0.1, 0.15) is 6.54 Å². The van der Waals surface area contributed by atoms with Gasteiger partial charge in [-0.05, 0) is 36.8 Å².